The van der Waals surface area contributed by atoms with E-state index in [2.05, 4.69) is 0 Å². The summed E-state index contributed by atoms with van der Waals surface area (Å²) in [7, 11) is 0. The van der Waals surface area contributed by atoms with Crippen LogP contribution >= 0.6 is 0 Å². The van der Waals surface area contributed by atoms with Crippen molar-refractivity contribution >= 4 is 23.4 Å². The summed E-state index contributed by atoms with van der Waals surface area (Å²) in [6, 6.07) is 1.79. The third-order valence-electron chi connectivity index (χ3n) is 1.95. The highest BCUT2D eigenvalue weighted by Crippen LogP contribution is 2.24. The van der Waals surface area contributed by atoms with Crippen molar-refractivity contribution in [2.24, 2.45) is 0 Å². The van der Waals surface area contributed by atoms with Crippen molar-refractivity contribution in [3.05, 3.63) is 39.7 Å². The van der Waals surface area contributed by atoms with Crippen molar-refractivity contribution in [2.75, 3.05) is 5.73 Å². The van der Waals surface area contributed by atoms with Gasteiger partial charge >= 0.3 is 5.97 Å². The Morgan fingerprint density at radius 1 is 1.59 bits per heavy atom. The number of halogens is 1. The molecule has 0 amide bonds. The first kappa shape index (κ1) is 12.6. The molecule has 0 bridgehead atoms. The van der Waals surface area contributed by atoms with Crippen molar-refractivity contribution in [3.63, 3.8) is 0 Å². The van der Waals surface area contributed by atoms with Gasteiger partial charge in [-0.15, -0.1) is 0 Å². The van der Waals surface area contributed by atoms with E-state index in [1.54, 1.807) is 0 Å². The lowest BCUT2D eigenvalue weighted by Crippen LogP contribution is -1.98. The SMILES string of the molecule is Nc1c(F)cc([N+](=O)[O-])cc1C=CCC(=O)O. The van der Waals surface area contributed by atoms with Gasteiger partial charge in [-0.1, -0.05) is 12.2 Å². The van der Waals surface area contributed by atoms with Crippen molar-refractivity contribution in [1.82, 2.24) is 0 Å². The fourth-order valence-corrected chi connectivity index (χ4v) is 1.15. The number of nitrogens with zero attached hydrogens (tertiary/aromatic N) is 1. The zero-order valence-corrected chi connectivity index (χ0v) is 8.59. The Balaban J connectivity index is 3.09. The summed E-state index contributed by atoms with van der Waals surface area (Å²) in [5.74, 6) is -1.97. The number of anilines is 1. The van der Waals surface area contributed by atoms with Crippen molar-refractivity contribution in [2.45, 2.75) is 6.42 Å². The Morgan fingerprint density at radius 2 is 2.24 bits per heavy atom. The Bertz CT molecular complexity index is 499. The molecule has 0 aromatic heterocycles. The second kappa shape index (κ2) is 5.06. The average Bonchev–Trinajstić information content (AvgIpc) is 2.23. The number of nitro groups is 1. The summed E-state index contributed by atoms with van der Waals surface area (Å²) in [5, 5.41) is 18.9. The summed E-state index contributed by atoms with van der Waals surface area (Å²) in [5.41, 5.74) is 4.76. The Kier molecular flexibility index (Phi) is 3.76. The number of nitrogens with two attached hydrogens (primary N) is 1. The maximum Gasteiger partial charge on any atom is 0.307 e. The minimum absolute atomic E-state index is 0.0814. The fourth-order valence-electron chi connectivity index (χ4n) is 1.15. The molecule has 1 aromatic rings. The zero-order chi connectivity index (χ0) is 13.0. The lowest BCUT2D eigenvalue weighted by molar-refractivity contribution is -0.385. The highest BCUT2D eigenvalue weighted by Gasteiger charge is 2.13. The highest BCUT2D eigenvalue weighted by molar-refractivity contribution is 5.73. The van der Waals surface area contributed by atoms with E-state index in [0.717, 1.165) is 6.07 Å². The Morgan fingerprint density at radius 3 is 2.76 bits per heavy atom. The molecule has 90 valence electrons. The lowest BCUT2D eigenvalue weighted by Gasteiger charge is -2.01. The van der Waals surface area contributed by atoms with Gasteiger partial charge in [-0.25, -0.2) is 4.39 Å². The van der Waals surface area contributed by atoms with Gasteiger partial charge in [0.15, 0.2) is 5.82 Å². The number of carboxylic acids is 1. The second-order valence-electron chi connectivity index (χ2n) is 3.19. The fraction of sp³-hybridized carbons (Fsp3) is 0.100. The third kappa shape index (κ3) is 3.26. The van der Waals surface area contributed by atoms with Gasteiger partial charge in [0.05, 0.1) is 23.1 Å². The summed E-state index contributed by atoms with van der Waals surface area (Å²) in [4.78, 5) is 20.0. The van der Waals surface area contributed by atoms with Gasteiger partial charge in [-0.2, -0.15) is 0 Å². The summed E-state index contributed by atoms with van der Waals surface area (Å²) < 4.78 is 13.2. The van der Waals surface area contributed by atoms with Crippen LogP contribution in [-0.2, 0) is 4.79 Å². The van der Waals surface area contributed by atoms with E-state index in [1.165, 1.54) is 12.2 Å². The number of hydrogen-bond donors (Lipinski definition) is 2. The summed E-state index contributed by atoms with van der Waals surface area (Å²) in [6.45, 7) is 0. The number of aliphatic carboxylic acids is 1. The molecule has 0 unspecified atom stereocenters. The molecule has 17 heavy (non-hydrogen) atoms. The first-order valence-corrected chi connectivity index (χ1v) is 4.53. The molecule has 0 radical (unpaired) electrons. The normalized spacial score (nSPS) is 10.6. The smallest absolute Gasteiger partial charge is 0.307 e. The first-order valence-electron chi connectivity index (χ1n) is 4.53. The standard InChI is InChI=1S/C10H9FN2O4/c11-8-5-7(13(16)17)4-6(10(8)12)2-1-3-9(14)15/h1-2,4-5H,3,12H2,(H,14,15). The van der Waals surface area contributed by atoms with Crippen LogP contribution in [0.5, 0.6) is 0 Å². The van der Waals surface area contributed by atoms with Gasteiger partial charge in [0, 0.05) is 11.6 Å². The molecule has 3 N–H and O–H groups in total. The van der Waals surface area contributed by atoms with Crippen LogP contribution in [0.15, 0.2) is 18.2 Å². The van der Waals surface area contributed by atoms with Gasteiger partial charge < -0.3 is 10.8 Å². The molecule has 0 aliphatic carbocycles. The number of hydrogen-bond acceptors (Lipinski definition) is 4. The van der Waals surface area contributed by atoms with Crippen LogP contribution in [-0.4, -0.2) is 16.0 Å². The van der Waals surface area contributed by atoms with Crippen molar-refractivity contribution in [3.8, 4) is 0 Å². The minimum Gasteiger partial charge on any atom is -0.481 e. The number of carbonyl (C=O) groups is 1. The molecule has 0 aliphatic heterocycles. The number of nitro benzene ring substituents is 1. The molecular weight excluding hydrogens is 231 g/mol. The molecule has 1 aromatic carbocycles. The first-order chi connectivity index (χ1) is 7.91. The van der Waals surface area contributed by atoms with Crippen molar-refractivity contribution in [1.29, 1.82) is 0 Å². The van der Waals surface area contributed by atoms with E-state index in [9.17, 15) is 19.3 Å². The van der Waals surface area contributed by atoms with Crippen molar-refractivity contribution < 1.29 is 19.2 Å². The molecule has 7 heteroatoms. The maximum atomic E-state index is 13.2. The van der Waals surface area contributed by atoms with E-state index in [1.807, 2.05) is 0 Å². The molecule has 6 nitrogen and oxygen atoms in total. The van der Waals surface area contributed by atoms with Gasteiger partial charge in [-0.3, -0.25) is 14.9 Å². The second-order valence-corrected chi connectivity index (χ2v) is 3.19. The molecule has 0 spiro atoms. The predicted octanol–water partition coefficient (Wildman–Crippen LogP) is 1.80. The van der Waals surface area contributed by atoms with E-state index in [0.29, 0.717) is 6.07 Å². The maximum absolute atomic E-state index is 13.2. The lowest BCUT2D eigenvalue weighted by atomic mass is 10.1. The van der Waals surface area contributed by atoms with Crippen LogP contribution in [0.25, 0.3) is 6.08 Å². The molecule has 1 rings (SSSR count). The monoisotopic (exact) mass is 240 g/mol. The highest BCUT2D eigenvalue weighted by atomic mass is 19.1. The van der Waals surface area contributed by atoms with Gasteiger partial charge in [-0.05, 0) is 0 Å². The molecule has 0 heterocycles. The van der Waals surface area contributed by atoms with Gasteiger partial charge in [0.1, 0.15) is 0 Å². The number of carboxylic acid groups (broad SMARTS) is 1. The Labute approximate surface area is 95.3 Å². The van der Waals surface area contributed by atoms with E-state index < -0.39 is 22.4 Å². The quantitative estimate of drug-likeness (QED) is 0.474. The topological polar surface area (TPSA) is 106 Å². The molecule has 0 atom stereocenters. The van der Waals surface area contributed by atoms with Crippen LogP contribution in [0, 0.1) is 15.9 Å². The predicted molar refractivity (Wildman–Crippen MR) is 58.8 cm³/mol. The third-order valence-corrected chi connectivity index (χ3v) is 1.95. The molecule has 0 saturated heterocycles. The van der Waals surface area contributed by atoms with Gasteiger partial charge in [0.2, 0.25) is 0 Å². The number of nitrogen functional groups attached to an aromatic ring is 1. The van der Waals surface area contributed by atoms with E-state index >= 15 is 0 Å². The zero-order valence-electron chi connectivity index (χ0n) is 8.59. The largest absolute Gasteiger partial charge is 0.481 e. The van der Waals surface area contributed by atoms with Crippen LogP contribution in [0.2, 0.25) is 0 Å². The van der Waals surface area contributed by atoms with Crippen LogP contribution in [0.4, 0.5) is 15.8 Å². The number of rotatable bonds is 4. The average molecular weight is 240 g/mol. The van der Waals surface area contributed by atoms with Crippen LogP contribution in [0.3, 0.4) is 0 Å². The van der Waals surface area contributed by atoms with E-state index in [-0.39, 0.29) is 17.7 Å². The molecule has 0 saturated carbocycles. The molecular formula is C10H9FN2O4. The minimum atomic E-state index is -1.06. The number of non-ortho nitro benzene ring substituents is 1. The summed E-state index contributed by atoms with van der Waals surface area (Å²) in [6.07, 6.45) is 2.19. The van der Waals surface area contributed by atoms with Gasteiger partial charge in [0.25, 0.3) is 5.69 Å². The molecule has 0 aliphatic rings. The summed E-state index contributed by atoms with van der Waals surface area (Å²) >= 11 is 0. The van der Waals surface area contributed by atoms with Crippen LogP contribution in [0.1, 0.15) is 12.0 Å². The number of benzene rings is 1. The van der Waals surface area contributed by atoms with E-state index in [4.69, 9.17) is 10.8 Å². The molecule has 0 fully saturated rings. The van der Waals surface area contributed by atoms with Crippen LogP contribution < -0.4 is 5.73 Å². The Hall–Kier alpha value is -2.44.